The number of hydrogen-bond donors (Lipinski definition) is 1. The van der Waals surface area contributed by atoms with Crippen molar-refractivity contribution in [2.45, 2.75) is 79.3 Å². The molecule has 1 N–H and O–H groups in total. The van der Waals surface area contributed by atoms with Gasteiger partial charge in [0.25, 0.3) is 0 Å². The SMILES string of the molecule is CCCNC1CCC(C)CC1CN(C)C(C)C(C)(C)C. The Morgan fingerprint density at radius 2 is 1.90 bits per heavy atom. The van der Waals surface area contributed by atoms with Crippen molar-refractivity contribution in [2.24, 2.45) is 17.3 Å². The summed E-state index contributed by atoms with van der Waals surface area (Å²) in [4.78, 5) is 2.59. The average Bonchev–Trinajstić information content (AvgIpc) is 2.35. The second kappa shape index (κ2) is 7.79. The van der Waals surface area contributed by atoms with Crippen LogP contribution in [-0.4, -0.2) is 37.1 Å². The van der Waals surface area contributed by atoms with E-state index >= 15 is 0 Å². The molecular formula is C18H38N2. The van der Waals surface area contributed by atoms with E-state index in [0.29, 0.717) is 11.5 Å². The molecule has 1 aliphatic rings. The van der Waals surface area contributed by atoms with Gasteiger partial charge in [-0.05, 0) is 63.5 Å². The first-order valence-electron chi connectivity index (χ1n) is 8.69. The van der Waals surface area contributed by atoms with Crippen LogP contribution in [0.4, 0.5) is 0 Å². The van der Waals surface area contributed by atoms with Crippen molar-refractivity contribution in [1.29, 1.82) is 0 Å². The van der Waals surface area contributed by atoms with Gasteiger partial charge >= 0.3 is 0 Å². The van der Waals surface area contributed by atoms with E-state index in [1.165, 1.54) is 38.8 Å². The second-order valence-corrected chi connectivity index (χ2v) is 8.22. The molecule has 20 heavy (non-hydrogen) atoms. The van der Waals surface area contributed by atoms with Crippen LogP contribution >= 0.6 is 0 Å². The van der Waals surface area contributed by atoms with Gasteiger partial charge in [0.1, 0.15) is 0 Å². The van der Waals surface area contributed by atoms with E-state index in [1.807, 2.05) is 0 Å². The summed E-state index contributed by atoms with van der Waals surface area (Å²) in [6.07, 6.45) is 5.40. The van der Waals surface area contributed by atoms with Crippen molar-refractivity contribution in [3.05, 3.63) is 0 Å². The maximum Gasteiger partial charge on any atom is 0.0112 e. The van der Waals surface area contributed by atoms with Gasteiger partial charge in [-0.2, -0.15) is 0 Å². The normalized spacial score (nSPS) is 29.7. The first-order valence-corrected chi connectivity index (χ1v) is 8.69. The minimum absolute atomic E-state index is 0.362. The predicted octanol–water partition coefficient (Wildman–Crippen LogP) is 4.16. The molecule has 1 fully saturated rings. The number of rotatable bonds is 6. The molecule has 120 valence electrons. The van der Waals surface area contributed by atoms with Crippen molar-refractivity contribution >= 4 is 0 Å². The van der Waals surface area contributed by atoms with E-state index in [2.05, 4.69) is 58.8 Å². The third-order valence-corrected chi connectivity index (χ3v) is 5.34. The van der Waals surface area contributed by atoms with Crippen LogP contribution in [-0.2, 0) is 0 Å². The fraction of sp³-hybridized carbons (Fsp3) is 1.00. The van der Waals surface area contributed by atoms with Gasteiger partial charge in [0, 0.05) is 18.6 Å². The molecule has 1 aliphatic carbocycles. The molecule has 1 rings (SSSR count). The Morgan fingerprint density at radius 1 is 1.25 bits per heavy atom. The molecule has 0 aromatic heterocycles. The molecule has 4 atom stereocenters. The Hall–Kier alpha value is -0.0800. The highest BCUT2D eigenvalue weighted by Crippen LogP contribution is 2.31. The lowest BCUT2D eigenvalue weighted by Gasteiger charge is -2.42. The lowest BCUT2D eigenvalue weighted by Crippen LogP contribution is -2.48. The molecule has 0 spiro atoms. The fourth-order valence-electron chi connectivity index (χ4n) is 3.49. The van der Waals surface area contributed by atoms with Gasteiger partial charge in [0.05, 0.1) is 0 Å². The molecule has 0 aromatic carbocycles. The van der Waals surface area contributed by atoms with Crippen molar-refractivity contribution in [3.8, 4) is 0 Å². The summed E-state index contributed by atoms with van der Waals surface area (Å²) in [6.45, 7) is 16.5. The molecule has 0 aromatic rings. The van der Waals surface area contributed by atoms with E-state index in [1.54, 1.807) is 0 Å². The zero-order valence-corrected chi connectivity index (χ0v) is 15.0. The molecule has 0 saturated heterocycles. The monoisotopic (exact) mass is 282 g/mol. The summed E-state index contributed by atoms with van der Waals surface area (Å²) in [6, 6.07) is 1.37. The molecular weight excluding hydrogens is 244 g/mol. The average molecular weight is 283 g/mol. The highest BCUT2D eigenvalue weighted by atomic mass is 15.1. The molecule has 4 unspecified atom stereocenters. The van der Waals surface area contributed by atoms with E-state index in [4.69, 9.17) is 0 Å². The molecule has 0 amide bonds. The van der Waals surface area contributed by atoms with E-state index < -0.39 is 0 Å². The van der Waals surface area contributed by atoms with Crippen LogP contribution in [0.15, 0.2) is 0 Å². The zero-order chi connectivity index (χ0) is 15.3. The Labute approximate surface area is 127 Å². The van der Waals surface area contributed by atoms with Gasteiger partial charge in [-0.15, -0.1) is 0 Å². The summed E-state index contributed by atoms with van der Waals surface area (Å²) in [5.41, 5.74) is 0.362. The topological polar surface area (TPSA) is 15.3 Å². The van der Waals surface area contributed by atoms with Crippen LogP contribution in [0.5, 0.6) is 0 Å². The smallest absolute Gasteiger partial charge is 0.0112 e. The Kier molecular flexibility index (Phi) is 7.00. The van der Waals surface area contributed by atoms with Crippen molar-refractivity contribution < 1.29 is 0 Å². The molecule has 0 radical (unpaired) electrons. The Bertz CT molecular complexity index is 267. The van der Waals surface area contributed by atoms with Crippen LogP contribution in [0.3, 0.4) is 0 Å². The fourth-order valence-corrected chi connectivity index (χ4v) is 3.49. The minimum atomic E-state index is 0.362. The molecule has 0 aliphatic heterocycles. The third kappa shape index (κ3) is 5.37. The summed E-state index contributed by atoms with van der Waals surface area (Å²) in [5, 5.41) is 3.80. The largest absolute Gasteiger partial charge is 0.314 e. The summed E-state index contributed by atoms with van der Waals surface area (Å²) in [7, 11) is 2.31. The van der Waals surface area contributed by atoms with Crippen molar-refractivity contribution in [3.63, 3.8) is 0 Å². The maximum absolute atomic E-state index is 3.80. The van der Waals surface area contributed by atoms with Crippen LogP contribution < -0.4 is 5.32 Å². The predicted molar refractivity (Wildman–Crippen MR) is 90.1 cm³/mol. The maximum atomic E-state index is 3.80. The van der Waals surface area contributed by atoms with Gasteiger partial charge < -0.3 is 10.2 Å². The first-order chi connectivity index (χ1) is 9.25. The number of nitrogens with one attached hydrogen (secondary N) is 1. The van der Waals surface area contributed by atoms with Gasteiger partial charge in [-0.25, -0.2) is 0 Å². The van der Waals surface area contributed by atoms with Crippen LogP contribution in [0.2, 0.25) is 0 Å². The van der Waals surface area contributed by atoms with E-state index in [-0.39, 0.29) is 0 Å². The Morgan fingerprint density at radius 3 is 2.45 bits per heavy atom. The summed E-state index contributed by atoms with van der Waals surface area (Å²) < 4.78 is 0. The van der Waals surface area contributed by atoms with Gasteiger partial charge in [-0.3, -0.25) is 0 Å². The zero-order valence-electron chi connectivity index (χ0n) is 15.0. The first kappa shape index (κ1) is 18.0. The van der Waals surface area contributed by atoms with Gasteiger partial charge in [-0.1, -0.05) is 34.6 Å². The molecule has 1 saturated carbocycles. The molecule has 0 heterocycles. The van der Waals surface area contributed by atoms with Crippen LogP contribution in [0, 0.1) is 17.3 Å². The lowest BCUT2D eigenvalue weighted by atomic mass is 9.77. The van der Waals surface area contributed by atoms with Gasteiger partial charge in [0.15, 0.2) is 0 Å². The second-order valence-electron chi connectivity index (χ2n) is 8.22. The van der Waals surface area contributed by atoms with E-state index in [0.717, 1.165) is 17.9 Å². The minimum Gasteiger partial charge on any atom is -0.314 e. The molecule has 0 bridgehead atoms. The molecule has 2 heteroatoms. The number of nitrogens with zero attached hydrogens (tertiary/aromatic N) is 1. The summed E-state index contributed by atoms with van der Waals surface area (Å²) >= 11 is 0. The lowest BCUT2D eigenvalue weighted by molar-refractivity contribution is 0.0912. The molecule has 2 nitrogen and oxygen atoms in total. The van der Waals surface area contributed by atoms with Crippen LogP contribution in [0.1, 0.15) is 67.2 Å². The highest BCUT2D eigenvalue weighted by Gasteiger charge is 2.31. The Balaban J connectivity index is 2.59. The van der Waals surface area contributed by atoms with Gasteiger partial charge in [0.2, 0.25) is 0 Å². The number of hydrogen-bond acceptors (Lipinski definition) is 2. The van der Waals surface area contributed by atoms with Crippen molar-refractivity contribution in [1.82, 2.24) is 10.2 Å². The van der Waals surface area contributed by atoms with Crippen LogP contribution in [0.25, 0.3) is 0 Å². The van der Waals surface area contributed by atoms with E-state index in [9.17, 15) is 0 Å². The third-order valence-electron chi connectivity index (χ3n) is 5.34. The highest BCUT2D eigenvalue weighted by molar-refractivity contribution is 4.87. The quantitative estimate of drug-likeness (QED) is 0.787. The standard InChI is InChI=1S/C18H38N2/c1-8-11-19-17-10-9-14(2)12-16(17)13-20(7)15(3)18(4,5)6/h14-17,19H,8-13H2,1-7H3. The summed E-state index contributed by atoms with van der Waals surface area (Å²) in [5.74, 6) is 1.72. The van der Waals surface area contributed by atoms with Crippen molar-refractivity contribution in [2.75, 3.05) is 20.1 Å².